The molecule has 0 amide bonds. The van der Waals surface area contributed by atoms with Crippen LogP contribution >= 0.6 is 11.3 Å². The third kappa shape index (κ3) is 5.51. The third-order valence-electron chi connectivity index (χ3n) is 6.51. The number of esters is 2. The number of hydrogen-bond acceptors (Lipinski definition) is 9. The molecule has 4 aromatic rings. The molecule has 41 heavy (non-hydrogen) atoms. The van der Waals surface area contributed by atoms with E-state index in [2.05, 4.69) is 4.99 Å². The van der Waals surface area contributed by atoms with Crippen molar-refractivity contribution in [2.75, 3.05) is 20.3 Å². The minimum atomic E-state index is -0.726. The van der Waals surface area contributed by atoms with Gasteiger partial charge in [0.1, 0.15) is 17.3 Å². The highest BCUT2D eigenvalue weighted by Crippen LogP contribution is 2.31. The summed E-state index contributed by atoms with van der Waals surface area (Å²) in [6.07, 6.45) is 1.65. The molecule has 0 saturated heterocycles. The third-order valence-corrected chi connectivity index (χ3v) is 7.49. The number of benzene rings is 2. The van der Waals surface area contributed by atoms with Gasteiger partial charge >= 0.3 is 11.9 Å². The lowest BCUT2D eigenvalue weighted by molar-refractivity contribution is -0.139. The topological polar surface area (TPSA) is 109 Å². The molecule has 0 saturated carbocycles. The Morgan fingerprint density at radius 1 is 1.02 bits per heavy atom. The smallest absolute Gasteiger partial charge is 0.338 e. The zero-order chi connectivity index (χ0) is 29.1. The summed E-state index contributed by atoms with van der Waals surface area (Å²) in [5, 5.41) is 0. The van der Waals surface area contributed by atoms with Gasteiger partial charge in [0.05, 0.1) is 47.7 Å². The Morgan fingerprint density at radius 2 is 1.76 bits per heavy atom. The largest absolute Gasteiger partial charge is 0.497 e. The van der Waals surface area contributed by atoms with Crippen LogP contribution in [0.5, 0.6) is 5.75 Å². The molecule has 0 unspecified atom stereocenters. The van der Waals surface area contributed by atoms with Gasteiger partial charge in [-0.25, -0.2) is 14.6 Å². The quantitative estimate of drug-likeness (QED) is 0.291. The first kappa shape index (κ1) is 27.9. The van der Waals surface area contributed by atoms with Crippen LogP contribution < -0.4 is 19.6 Å². The second kappa shape index (κ2) is 11.8. The van der Waals surface area contributed by atoms with Gasteiger partial charge in [0.15, 0.2) is 4.80 Å². The van der Waals surface area contributed by atoms with E-state index < -0.39 is 18.0 Å². The number of carbonyl (C=O) groups is 2. The molecule has 2 aromatic heterocycles. The van der Waals surface area contributed by atoms with Crippen molar-refractivity contribution < 1.29 is 28.2 Å². The average molecular weight is 573 g/mol. The van der Waals surface area contributed by atoms with E-state index in [1.54, 1.807) is 76.4 Å². The van der Waals surface area contributed by atoms with E-state index in [9.17, 15) is 14.4 Å². The Hall–Kier alpha value is -4.70. The van der Waals surface area contributed by atoms with E-state index in [0.717, 1.165) is 5.56 Å². The van der Waals surface area contributed by atoms with Crippen LogP contribution in [0.4, 0.5) is 0 Å². The van der Waals surface area contributed by atoms with Crippen LogP contribution in [0.2, 0.25) is 0 Å². The molecule has 1 aliphatic rings. The van der Waals surface area contributed by atoms with E-state index in [-0.39, 0.29) is 18.8 Å². The molecule has 10 heteroatoms. The summed E-state index contributed by atoms with van der Waals surface area (Å²) in [5.74, 6) is 0.706. The lowest BCUT2D eigenvalue weighted by Gasteiger charge is -2.24. The molecule has 0 fully saturated rings. The standard InChI is InChI=1S/C31H28N2O7S/c1-5-38-29(35)21-9-7-8-20(16-21)24-15-14-23(40-24)17-25-28(34)33-27(19-10-12-22(37-4)13-11-19)26(30(36)39-6-2)18(3)32-31(33)41-25/h7-17,27H,5-6H2,1-4H3/b25-17-/t27-/m0/s1. The number of ether oxygens (including phenoxy) is 3. The molecule has 0 aliphatic carbocycles. The number of carbonyl (C=O) groups excluding carboxylic acids is 2. The number of allylic oxidation sites excluding steroid dienone is 1. The summed E-state index contributed by atoms with van der Waals surface area (Å²) in [5.41, 5.74) is 2.31. The number of rotatable bonds is 8. The molecule has 3 heterocycles. The number of furan rings is 1. The monoisotopic (exact) mass is 572 g/mol. The first-order valence-corrected chi connectivity index (χ1v) is 13.9. The maximum atomic E-state index is 13.8. The fourth-order valence-electron chi connectivity index (χ4n) is 4.62. The van der Waals surface area contributed by atoms with Gasteiger partial charge < -0.3 is 18.6 Å². The normalized spacial score (nSPS) is 14.8. The summed E-state index contributed by atoms with van der Waals surface area (Å²) in [4.78, 5) is 44.1. The van der Waals surface area contributed by atoms with E-state index >= 15 is 0 Å². The second-order valence-electron chi connectivity index (χ2n) is 9.08. The lowest BCUT2D eigenvalue weighted by Crippen LogP contribution is -2.39. The summed E-state index contributed by atoms with van der Waals surface area (Å²) in [6.45, 7) is 5.70. The van der Waals surface area contributed by atoms with Gasteiger partial charge in [0.2, 0.25) is 0 Å². The van der Waals surface area contributed by atoms with Crippen molar-refractivity contribution in [1.29, 1.82) is 0 Å². The van der Waals surface area contributed by atoms with Crippen molar-refractivity contribution in [3.8, 4) is 17.1 Å². The lowest BCUT2D eigenvalue weighted by atomic mass is 9.96. The minimum Gasteiger partial charge on any atom is -0.497 e. The Morgan fingerprint density at radius 3 is 2.46 bits per heavy atom. The molecular formula is C31H28N2O7S. The zero-order valence-corrected chi connectivity index (χ0v) is 23.8. The summed E-state index contributed by atoms with van der Waals surface area (Å²) >= 11 is 1.21. The second-order valence-corrected chi connectivity index (χ2v) is 10.1. The number of hydrogen-bond donors (Lipinski definition) is 0. The first-order chi connectivity index (χ1) is 19.8. The van der Waals surface area contributed by atoms with Crippen molar-refractivity contribution in [2.24, 2.45) is 4.99 Å². The average Bonchev–Trinajstić information content (AvgIpc) is 3.57. The first-order valence-electron chi connectivity index (χ1n) is 13.1. The van der Waals surface area contributed by atoms with Gasteiger partial charge in [-0.05, 0) is 62.7 Å². The minimum absolute atomic E-state index is 0.193. The maximum absolute atomic E-state index is 13.8. The Labute approximate surface area is 239 Å². The van der Waals surface area contributed by atoms with E-state index in [1.807, 2.05) is 18.2 Å². The number of fused-ring (bicyclic) bond motifs is 1. The van der Waals surface area contributed by atoms with Gasteiger partial charge in [-0.3, -0.25) is 9.36 Å². The van der Waals surface area contributed by atoms with Crippen LogP contribution in [-0.4, -0.2) is 36.8 Å². The van der Waals surface area contributed by atoms with E-state index in [4.69, 9.17) is 18.6 Å². The summed E-state index contributed by atoms with van der Waals surface area (Å²) in [6, 6.07) is 17.0. The van der Waals surface area contributed by atoms with Crippen molar-refractivity contribution in [1.82, 2.24) is 4.57 Å². The number of nitrogens with zero attached hydrogens (tertiary/aromatic N) is 2. The summed E-state index contributed by atoms with van der Waals surface area (Å²) < 4.78 is 23.7. The fraction of sp³-hybridized carbons (Fsp3) is 0.226. The van der Waals surface area contributed by atoms with Crippen LogP contribution in [0.1, 0.15) is 48.5 Å². The number of aromatic nitrogens is 1. The van der Waals surface area contributed by atoms with Crippen molar-refractivity contribution in [2.45, 2.75) is 26.8 Å². The number of thiazole rings is 1. The van der Waals surface area contributed by atoms with E-state index in [0.29, 0.717) is 49.0 Å². The van der Waals surface area contributed by atoms with Crippen molar-refractivity contribution in [3.63, 3.8) is 0 Å². The zero-order valence-electron chi connectivity index (χ0n) is 23.0. The predicted octanol–water partition coefficient (Wildman–Crippen LogP) is 4.24. The number of methoxy groups -OCH3 is 1. The molecule has 5 rings (SSSR count). The van der Waals surface area contributed by atoms with Crippen molar-refractivity contribution >= 4 is 29.4 Å². The van der Waals surface area contributed by atoms with Gasteiger partial charge in [-0.15, -0.1) is 0 Å². The molecule has 1 atom stereocenters. The molecule has 2 aromatic carbocycles. The summed E-state index contributed by atoms with van der Waals surface area (Å²) in [7, 11) is 1.57. The van der Waals surface area contributed by atoms with Gasteiger partial charge in [0.25, 0.3) is 5.56 Å². The van der Waals surface area contributed by atoms with Gasteiger partial charge in [-0.2, -0.15) is 0 Å². The molecule has 9 nitrogen and oxygen atoms in total. The highest BCUT2D eigenvalue weighted by atomic mass is 32.1. The molecule has 210 valence electrons. The molecule has 0 spiro atoms. The highest BCUT2D eigenvalue weighted by molar-refractivity contribution is 7.07. The van der Waals surface area contributed by atoms with Crippen LogP contribution in [0.3, 0.4) is 0 Å². The molecule has 0 radical (unpaired) electrons. The van der Waals surface area contributed by atoms with E-state index in [1.165, 1.54) is 15.9 Å². The molecule has 0 bridgehead atoms. The molecule has 1 aliphatic heterocycles. The van der Waals surface area contributed by atoms with Gasteiger partial charge in [0, 0.05) is 11.6 Å². The highest BCUT2D eigenvalue weighted by Gasteiger charge is 2.33. The van der Waals surface area contributed by atoms with Crippen LogP contribution in [0.15, 0.2) is 86.1 Å². The Balaban J connectivity index is 1.57. The fourth-order valence-corrected chi connectivity index (χ4v) is 5.65. The maximum Gasteiger partial charge on any atom is 0.338 e. The van der Waals surface area contributed by atoms with Crippen LogP contribution in [0, 0.1) is 0 Å². The SMILES string of the molecule is CCOC(=O)C1=C(C)N=c2s/c(=C\c3ccc(-c4cccc(C(=O)OCC)c4)o3)c(=O)n2[C@H]1c1ccc(OC)cc1. The molecular weight excluding hydrogens is 544 g/mol. The van der Waals surface area contributed by atoms with Gasteiger partial charge in [-0.1, -0.05) is 35.6 Å². The molecule has 0 N–H and O–H groups in total. The van der Waals surface area contributed by atoms with Crippen LogP contribution in [0.25, 0.3) is 17.4 Å². The van der Waals surface area contributed by atoms with Crippen molar-refractivity contribution in [3.05, 3.63) is 109 Å². The Kier molecular flexibility index (Phi) is 8.02. The Bertz CT molecular complexity index is 1830. The van der Waals surface area contributed by atoms with Crippen LogP contribution in [-0.2, 0) is 14.3 Å². The predicted molar refractivity (Wildman–Crippen MR) is 153 cm³/mol.